The molecule has 0 unspecified atom stereocenters. The van der Waals surface area contributed by atoms with Gasteiger partial charge < -0.3 is 0 Å². The molecule has 1 heteroatoms. The molecule has 0 heterocycles. The van der Waals surface area contributed by atoms with Crippen molar-refractivity contribution in [3.05, 3.63) is 71.8 Å². The first-order chi connectivity index (χ1) is 11.2. The summed E-state index contributed by atoms with van der Waals surface area (Å²) in [6.07, 6.45) is 6.97. The van der Waals surface area contributed by atoms with Gasteiger partial charge in [0.15, 0.2) is 0 Å². The van der Waals surface area contributed by atoms with E-state index >= 15 is 0 Å². The molecule has 116 valence electrons. The highest BCUT2D eigenvalue weighted by atomic mass is 35.5. The molecule has 0 aromatic heterocycles. The number of hydrogen-bond donors (Lipinski definition) is 0. The third-order valence-electron chi connectivity index (χ3n) is 4.59. The van der Waals surface area contributed by atoms with Gasteiger partial charge >= 0.3 is 0 Å². The molecule has 0 aliphatic heterocycles. The molecular weight excluding hydrogens is 300 g/mol. The predicted molar refractivity (Wildman–Crippen MR) is 99.4 cm³/mol. The van der Waals surface area contributed by atoms with Gasteiger partial charge in [-0.1, -0.05) is 53.8 Å². The van der Waals surface area contributed by atoms with Crippen LogP contribution >= 0.6 is 11.6 Å². The molecule has 1 saturated carbocycles. The molecule has 0 atom stereocenters. The van der Waals surface area contributed by atoms with Crippen LogP contribution in [0.1, 0.15) is 31.2 Å². The number of benzene rings is 2. The van der Waals surface area contributed by atoms with E-state index in [9.17, 15) is 0 Å². The predicted octanol–water partition coefficient (Wildman–Crippen LogP) is 6.35. The third kappa shape index (κ3) is 4.27. The molecule has 0 spiro atoms. The van der Waals surface area contributed by atoms with Crippen LogP contribution in [0.4, 0.5) is 0 Å². The fourth-order valence-electron chi connectivity index (χ4n) is 3.07. The monoisotopic (exact) mass is 320 g/mol. The molecule has 23 heavy (non-hydrogen) atoms. The molecule has 1 aliphatic carbocycles. The lowest BCUT2D eigenvalue weighted by Gasteiger charge is -2.22. The van der Waals surface area contributed by atoms with E-state index in [1.165, 1.54) is 36.8 Å². The second-order valence-corrected chi connectivity index (χ2v) is 6.64. The Morgan fingerprint density at radius 1 is 0.870 bits per heavy atom. The van der Waals surface area contributed by atoms with Gasteiger partial charge in [-0.3, -0.25) is 0 Å². The van der Waals surface area contributed by atoms with Crippen molar-refractivity contribution < 1.29 is 0 Å². The number of hydrogen-bond acceptors (Lipinski definition) is 0. The maximum atomic E-state index is 5.93. The van der Waals surface area contributed by atoms with E-state index in [-0.39, 0.29) is 0 Å². The van der Waals surface area contributed by atoms with Crippen LogP contribution in [0.3, 0.4) is 0 Å². The van der Waals surface area contributed by atoms with Crippen LogP contribution < -0.4 is 0 Å². The Balaban J connectivity index is 1.65. The molecule has 2 aromatic carbocycles. The molecule has 0 amide bonds. The summed E-state index contributed by atoms with van der Waals surface area (Å²) >= 11 is 5.93. The minimum atomic E-state index is 0.544. The Kier molecular flexibility index (Phi) is 5.21. The zero-order valence-corrected chi connectivity index (χ0v) is 14.0. The molecule has 0 bridgehead atoms. The number of rotatable bonds is 2. The summed E-state index contributed by atoms with van der Waals surface area (Å²) in [6.45, 7) is 3.90. The van der Waals surface area contributed by atoms with Crippen molar-refractivity contribution in [2.24, 2.45) is 11.8 Å². The van der Waals surface area contributed by atoms with Gasteiger partial charge in [0.2, 0.25) is 0 Å². The lowest BCUT2D eigenvalue weighted by atomic mass is 9.82. The van der Waals surface area contributed by atoms with Gasteiger partial charge in [0.25, 0.3) is 0 Å². The van der Waals surface area contributed by atoms with Crippen molar-refractivity contribution in [1.29, 1.82) is 0 Å². The smallest absolute Gasteiger partial charge is 0.0406 e. The Bertz CT molecular complexity index is 705. The van der Waals surface area contributed by atoms with Crippen molar-refractivity contribution in [3.63, 3.8) is 0 Å². The highest BCUT2D eigenvalue weighted by Crippen LogP contribution is 2.29. The van der Waals surface area contributed by atoms with Gasteiger partial charge in [-0.15, -0.1) is 6.58 Å². The zero-order chi connectivity index (χ0) is 16.1. The highest BCUT2D eigenvalue weighted by molar-refractivity contribution is 6.30. The number of allylic oxidation sites excluding steroid dienone is 1. The van der Waals surface area contributed by atoms with Crippen LogP contribution in [0.2, 0.25) is 5.02 Å². The van der Waals surface area contributed by atoms with Gasteiger partial charge in [-0.05, 0) is 67.0 Å². The van der Waals surface area contributed by atoms with Gasteiger partial charge in [0.1, 0.15) is 0 Å². The summed E-state index contributed by atoms with van der Waals surface area (Å²) in [5.41, 5.74) is 3.46. The molecule has 1 aliphatic rings. The topological polar surface area (TPSA) is 0 Å². The van der Waals surface area contributed by atoms with Gasteiger partial charge in [-0.25, -0.2) is 0 Å². The van der Waals surface area contributed by atoms with Gasteiger partial charge in [0, 0.05) is 16.5 Å². The molecule has 2 aromatic rings. The van der Waals surface area contributed by atoms with Crippen molar-refractivity contribution in [2.45, 2.75) is 25.7 Å². The maximum Gasteiger partial charge on any atom is 0.0406 e. The molecule has 3 rings (SSSR count). The minimum Gasteiger partial charge on any atom is -0.103 e. The van der Waals surface area contributed by atoms with E-state index in [0.29, 0.717) is 11.8 Å². The highest BCUT2D eigenvalue weighted by Gasteiger charge is 2.17. The van der Waals surface area contributed by atoms with Gasteiger partial charge in [0.05, 0.1) is 0 Å². The van der Waals surface area contributed by atoms with Crippen LogP contribution in [0.15, 0.2) is 61.2 Å². The summed E-state index contributed by atoms with van der Waals surface area (Å²) in [6, 6.07) is 16.4. The average molecular weight is 321 g/mol. The number of halogens is 1. The van der Waals surface area contributed by atoms with Crippen LogP contribution in [0, 0.1) is 23.7 Å². The van der Waals surface area contributed by atoms with E-state index in [1.807, 2.05) is 24.3 Å². The Morgan fingerprint density at radius 2 is 1.43 bits per heavy atom. The SMILES string of the molecule is C=CC1CCC(C#Cc2ccc(-c3ccc(Cl)cc3)cc2)CC1. The first kappa shape index (κ1) is 15.9. The second kappa shape index (κ2) is 7.53. The lowest BCUT2D eigenvalue weighted by molar-refractivity contribution is 0.365. The normalized spacial score (nSPS) is 20.4. The minimum absolute atomic E-state index is 0.544. The van der Waals surface area contributed by atoms with Crippen molar-refractivity contribution in [1.82, 2.24) is 0 Å². The molecule has 0 nitrogen and oxygen atoms in total. The van der Waals surface area contributed by atoms with Crippen molar-refractivity contribution in [2.75, 3.05) is 0 Å². The summed E-state index contributed by atoms with van der Waals surface area (Å²) in [5, 5.41) is 0.766. The first-order valence-corrected chi connectivity index (χ1v) is 8.62. The summed E-state index contributed by atoms with van der Waals surface area (Å²) in [7, 11) is 0. The summed E-state index contributed by atoms with van der Waals surface area (Å²) in [4.78, 5) is 0. The Labute approximate surface area is 144 Å². The summed E-state index contributed by atoms with van der Waals surface area (Å²) < 4.78 is 0. The Morgan fingerprint density at radius 3 is 2.00 bits per heavy atom. The molecular formula is C22H21Cl. The largest absolute Gasteiger partial charge is 0.103 e. The molecule has 1 fully saturated rings. The van der Waals surface area contributed by atoms with E-state index < -0.39 is 0 Å². The van der Waals surface area contributed by atoms with Crippen LogP contribution in [0.25, 0.3) is 11.1 Å². The lowest BCUT2D eigenvalue weighted by Crippen LogP contribution is -2.11. The average Bonchev–Trinajstić information content (AvgIpc) is 2.61. The van der Waals surface area contributed by atoms with Crippen molar-refractivity contribution in [3.8, 4) is 23.0 Å². The Hall–Kier alpha value is -1.97. The molecule has 0 saturated heterocycles. The molecule has 0 radical (unpaired) electrons. The zero-order valence-electron chi connectivity index (χ0n) is 13.3. The standard InChI is InChI=1S/C22H21Cl/c1-2-17-3-5-18(6-4-17)7-8-19-9-11-20(12-10-19)21-13-15-22(23)16-14-21/h2,9-18H,1,3-6H2. The maximum absolute atomic E-state index is 5.93. The van der Waals surface area contributed by atoms with E-state index in [0.717, 1.165) is 10.6 Å². The fraction of sp³-hybridized carbons (Fsp3) is 0.273. The summed E-state index contributed by atoms with van der Waals surface area (Å²) in [5.74, 6) is 8.03. The van der Waals surface area contributed by atoms with E-state index in [2.05, 4.69) is 48.8 Å². The second-order valence-electron chi connectivity index (χ2n) is 6.20. The van der Waals surface area contributed by atoms with E-state index in [1.54, 1.807) is 0 Å². The van der Waals surface area contributed by atoms with Crippen LogP contribution in [-0.4, -0.2) is 0 Å². The fourth-order valence-corrected chi connectivity index (χ4v) is 3.20. The van der Waals surface area contributed by atoms with Crippen LogP contribution in [0.5, 0.6) is 0 Å². The van der Waals surface area contributed by atoms with Crippen LogP contribution in [-0.2, 0) is 0 Å². The first-order valence-electron chi connectivity index (χ1n) is 8.24. The van der Waals surface area contributed by atoms with Gasteiger partial charge in [-0.2, -0.15) is 0 Å². The third-order valence-corrected chi connectivity index (χ3v) is 4.84. The van der Waals surface area contributed by atoms with Crippen molar-refractivity contribution >= 4 is 11.6 Å². The van der Waals surface area contributed by atoms with E-state index in [4.69, 9.17) is 11.6 Å². The quantitative estimate of drug-likeness (QED) is 0.446. The molecule has 0 N–H and O–H groups in total.